The van der Waals surface area contributed by atoms with Crippen LogP contribution in [-0.2, 0) is 14.3 Å². The van der Waals surface area contributed by atoms with Gasteiger partial charge in [-0.25, -0.2) is 0 Å². The van der Waals surface area contributed by atoms with Gasteiger partial charge in [0.25, 0.3) is 5.91 Å². The summed E-state index contributed by atoms with van der Waals surface area (Å²) in [7, 11) is 1.61. The van der Waals surface area contributed by atoms with E-state index in [2.05, 4.69) is 10.6 Å². The van der Waals surface area contributed by atoms with Crippen molar-refractivity contribution in [3.63, 3.8) is 0 Å². The summed E-state index contributed by atoms with van der Waals surface area (Å²) in [5.41, 5.74) is 1.28. The fourth-order valence-corrected chi connectivity index (χ4v) is 2.23. The molecule has 1 saturated heterocycles. The molecule has 1 aromatic rings. The molecule has 0 bridgehead atoms. The molecule has 24 heavy (non-hydrogen) atoms. The molecule has 2 amide bonds. The van der Waals surface area contributed by atoms with Gasteiger partial charge in [-0.15, -0.1) is 12.4 Å². The normalized spacial score (nSPS) is 14.0. The lowest BCUT2D eigenvalue weighted by atomic mass is 10.1. The van der Waals surface area contributed by atoms with Crippen molar-refractivity contribution in [2.24, 2.45) is 0 Å². The quantitative estimate of drug-likeness (QED) is 0.704. The van der Waals surface area contributed by atoms with E-state index in [-0.39, 0.29) is 30.8 Å². The first kappa shape index (κ1) is 20.4. The molecule has 1 aromatic carbocycles. The average Bonchev–Trinajstić information content (AvgIpc) is 2.59. The number of benzene rings is 1. The van der Waals surface area contributed by atoms with E-state index in [9.17, 15) is 9.59 Å². The molecule has 8 heteroatoms. The number of carbonyl (C=O) groups excluding carboxylic acids is 2. The molecule has 1 aliphatic rings. The SMILES string of the molecule is COCCNCC(=O)Nc1ccc(C(=O)N2CCOCC2)cc1.Cl. The van der Waals surface area contributed by atoms with Crippen molar-refractivity contribution in [2.75, 3.05) is 58.4 Å². The number of carbonyl (C=O) groups is 2. The van der Waals surface area contributed by atoms with Gasteiger partial charge in [0, 0.05) is 38.0 Å². The lowest BCUT2D eigenvalue weighted by molar-refractivity contribution is -0.115. The molecule has 2 rings (SSSR count). The van der Waals surface area contributed by atoms with Crippen molar-refractivity contribution in [3.8, 4) is 0 Å². The topological polar surface area (TPSA) is 79.9 Å². The maximum Gasteiger partial charge on any atom is 0.254 e. The summed E-state index contributed by atoms with van der Waals surface area (Å²) in [5, 5.41) is 5.75. The average molecular weight is 358 g/mol. The molecule has 0 aliphatic carbocycles. The third-order valence-corrected chi connectivity index (χ3v) is 3.48. The van der Waals surface area contributed by atoms with Crippen LogP contribution in [0, 0.1) is 0 Å². The number of methoxy groups -OCH3 is 1. The lowest BCUT2D eigenvalue weighted by Crippen LogP contribution is -2.40. The van der Waals surface area contributed by atoms with E-state index in [1.807, 2.05) is 0 Å². The van der Waals surface area contributed by atoms with Gasteiger partial charge >= 0.3 is 0 Å². The fraction of sp³-hybridized carbons (Fsp3) is 0.500. The van der Waals surface area contributed by atoms with Crippen LogP contribution >= 0.6 is 12.4 Å². The van der Waals surface area contributed by atoms with Crippen molar-refractivity contribution < 1.29 is 19.1 Å². The summed E-state index contributed by atoms with van der Waals surface area (Å²) < 4.78 is 10.1. The molecule has 1 heterocycles. The summed E-state index contributed by atoms with van der Waals surface area (Å²) >= 11 is 0. The zero-order valence-corrected chi connectivity index (χ0v) is 14.6. The minimum atomic E-state index is -0.131. The molecule has 0 saturated carbocycles. The van der Waals surface area contributed by atoms with Crippen LogP contribution in [0.5, 0.6) is 0 Å². The van der Waals surface area contributed by atoms with Crippen molar-refractivity contribution in [1.82, 2.24) is 10.2 Å². The summed E-state index contributed by atoms with van der Waals surface area (Å²) in [4.78, 5) is 25.8. The zero-order valence-electron chi connectivity index (χ0n) is 13.7. The van der Waals surface area contributed by atoms with Crippen LogP contribution in [-0.4, -0.2) is 69.8 Å². The molecule has 0 aromatic heterocycles. The van der Waals surface area contributed by atoms with Crippen molar-refractivity contribution in [3.05, 3.63) is 29.8 Å². The summed E-state index contributed by atoms with van der Waals surface area (Å²) in [5.74, 6) is -0.138. The van der Waals surface area contributed by atoms with E-state index >= 15 is 0 Å². The fourth-order valence-electron chi connectivity index (χ4n) is 2.23. The van der Waals surface area contributed by atoms with E-state index < -0.39 is 0 Å². The smallest absolute Gasteiger partial charge is 0.254 e. The van der Waals surface area contributed by atoms with Crippen LogP contribution in [0.4, 0.5) is 5.69 Å². The highest BCUT2D eigenvalue weighted by atomic mass is 35.5. The predicted octanol–water partition coefficient (Wildman–Crippen LogP) is 0.755. The van der Waals surface area contributed by atoms with Crippen molar-refractivity contribution >= 4 is 29.9 Å². The molecule has 1 fully saturated rings. The van der Waals surface area contributed by atoms with E-state index in [1.54, 1.807) is 36.3 Å². The van der Waals surface area contributed by atoms with Gasteiger partial charge in [-0.3, -0.25) is 9.59 Å². The monoisotopic (exact) mass is 357 g/mol. The molecule has 134 valence electrons. The highest BCUT2D eigenvalue weighted by Crippen LogP contribution is 2.12. The lowest BCUT2D eigenvalue weighted by Gasteiger charge is -2.26. The molecule has 7 nitrogen and oxygen atoms in total. The van der Waals surface area contributed by atoms with E-state index in [4.69, 9.17) is 9.47 Å². The first-order chi connectivity index (χ1) is 11.2. The van der Waals surface area contributed by atoms with Crippen LogP contribution < -0.4 is 10.6 Å². The Morgan fingerprint density at radius 3 is 2.50 bits per heavy atom. The van der Waals surface area contributed by atoms with Crippen LogP contribution in [0.1, 0.15) is 10.4 Å². The van der Waals surface area contributed by atoms with Gasteiger partial charge < -0.3 is 25.0 Å². The van der Waals surface area contributed by atoms with Gasteiger partial charge in [0.05, 0.1) is 26.4 Å². The minimum absolute atomic E-state index is 0. The third kappa shape index (κ3) is 6.45. The number of anilines is 1. The van der Waals surface area contributed by atoms with Gasteiger partial charge in [0.15, 0.2) is 0 Å². The van der Waals surface area contributed by atoms with Crippen LogP contribution in [0.3, 0.4) is 0 Å². The Kier molecular flexibility index (Phi) is 9.33. The molecular formula is C16H24ClN3O4. The predicted molar refractivity (Wildman–Crippen MR) is 93.8 cm³/mol. The summed E-state index contributed by atoms with van der Waals surface area (Å²) in [6, 6.07) is 6.93. The molecule has 0 atom stereocenters. The first-order valence-electron chi connectivity index (χ1n) is 7.67. The van der Waals surface area contributed by atoms with Gasteiger partial charge in [0.1, 0.15) is 0 Å². The Balaban J connectivity index is 0.00000288. The second-order valence-corrected chi connectivity index (χ2v) is 5.20. The standard InChI is InChI=1S/C16H23N3O4.ClH/c1-22-9-6-17-12-15(20)18-14-4-2-13(3-5-14)16(21)19-7-10-23-11-8-19;/h2-5,17H,6-12H2,1H3,(H,18,20);1H. The van der Waals surface area contributed by atoms with Crippen LogP contribution in [0.25, 0.3) is 0 Å². The maximum absolute atomic E-state index is 12.3. The van der Waals surface area contributed by atoms with E-state index in [0.29, 0.717) is 50.7 Å². The first-order valence-corrected chi connectivity index (χ1v) is 7.67. The van der Waals surface area contributed by atoms with E-state index in [0.717, 1.165) is 0 Å². The Hall–Kier alpha value is -1.67. The zero-order chi connectivity index (χ0) is 16.5. The van der Waals surface area contributed by atoms with Crippen LogP contribution in [0.2, 0.25) is 0 Å². The number of nitrogens with one attached hydrogen (secondary N) is 2. The highest BCUT2D eigenvalue weighted by Gasteiger charge is 2.18. The molecule has 0 unspecified atom stereocenters. The number of ether oxygens (including phenoxy) is 2. The summed E-state index contributed by atoms with van der Waals surface area (Å²) in [6.07, 6.45) is 0. The molecular weight excluding hydrogens is 334 g/mol. The molecule has 0 radical (unpaired) electrons. The summed E-state index contributed by atoms with van der Waals surface area (Å²) in [6.45, 7) is 3.79. The molecule has 0 spiro atoms. The Morgan fingerprint density at radius 1 is 1.21 bits per heavy atom. The molecule has 1 aliphatic heterocycles. The van der Waals surface area contributed by atoms with Crippen LogP contribution in [0.15, 0.2) is 24.3 Å². The molecule has 2 N–H and O–H groups in total. The second-order valence-electron chi connectivity index (χ2n) is 5.20. The number of hydrogen-bond acceptors (Lipinski definition) is 5. The number of rotatable bonds is 7. The van der Waals surface area contributed by atoms with E-state index in [1.165, 1.54) is 0 Å². The number of amides is 2. The second kappa shape index (κ2) is 11.0. The Labute approximate surface area is 148 Å². The van der Waals surface area contributed by atoms with Gasteiger partial charge in [-0.2, -0.15) is 0 Å². The number of halogens is 1. The Morgan fingerprint density at radius 2 is 1.88 bits per heavy atom. The van der Waals surface area contributed by atoms with Gasteiger partial charge in [-0.1, -0.05) is 0 Å². The van der Waals surface area contributed by atoms with Crippen molar-refractivity contribution in [1.29, 1.82) is 0 Å². The van der Waals surface area contributed by atoms with Gasteiger partial charge in [0.2, 0.25) is 5.91 Å². The largest absolute Gasteiger partial charge is 0.383 e. The van der Waals surface area contributed by atoms with Gasteiger partial charge in [-0.05, 0) is 24.3 Å². The van der Waals surface area contributed by atoms with Crippen molar-refractivity contribution in [2.45, 2.75) is 0 Å². The number of hydrogen-bond donors (Lipinski definition) is 2. The maximum atomic E-state index is 12.3. The third-order valence-electron chi connectivity index (χ3n) is 3.48. The number of nitrogens with zero attached hydrogens (tertiary/aromatic N) is 1. The number of morpholine rings is 1. The Bertz CT molecular complexity index is 519. The highest BCUT2D eigenvalue weighted by molar-refractivity contribution is 5.96. The minimum Gasteiger partial charge on any atom is -0.383 e.